The Hall–Kier alpha value is -3.38. The fraction of sp³-hybridized carbons (Fsp3) is 0.0476. The van der Waals surface area contributed by atoms with E-state index in [1.54, 1.807) is 24.3 Å². The van der Waals surface area contributed by atoms with Crippen molar-refractivity contribution in [3.8, 4) is 0 Å². The molecule has 28 heavy (non-hydrogen) atoms. The van der Waals surface area contributed by atoms with Gasteiger partial charge >= 0.3 is 0 Å². The van der Waals surface area contributed by atoms with Gasteiger partial charge in [0.25, 0.3) is 5.91 Å². The zero-order valence-electron chi connectivity index (χ0n) is 14.3. The lowest BCUT2D eigenvalue weighted by Gasteiger charge is -2.26. The van der Waals surface area contributed by atoms with Crippen molar-refractivity contribution in [2.75, 3.05) is 4.90 Å². The molecule has 0 spiro atoms. The summed E-state index contributed by atoms with van der Waals surface area (Å²) in [6.45, 7) is 0. The number of ketones is 1. The van der Waals surface area contributed by atoms with Crippen LogP contribution in [0.5, 0.6) is 0 Å². The van der Waals surface area contributed by atoms with Crippen LogP contribution in [0.2, 0.25) is 5.02 Å². The molecule has 7 heteroatoms. The van der Waals surface area contributed by atoms with Crippen molar-refractivity contribution in [1.82, 2.24) is 0 Å². The van der Waals surface area contributed by atoms with E-state index in [0.717, 1.165) is 6.07 Å². The van der Waals surface area contributed by atoms with Gasteiger partial charge in [0.15, 0.2) is 11.5 Å². The number of carbonyl (C=O) groups is 2. The molecule has 1 amide bonds. The average Bonchev–Trinajstić information content (AvgIpc) is 3.30. The van der Waals surface area contributed by atoms with E-state index in [0.29, 0.717) is 10.6 Å². The Bertz CT molecular complexity index is 1090. The summed E-state index contributed by atoms with van der Waals surface area (Å²) >= 11 is 5.96. The molecule has 2 heterocycles. The lowest BCUT2D eigenvalue weighted by molar-refractivity contribution is -0.117. The molecular formula is C21H13ClFNO4. The maximum absolute atomic E-state index is 13.8. The monoisotopic (exact) mass is 397 g/mol. The van der Waals surface area contributed by atoms with Crippen molar-refractivity contribution >= 4 is 29.0 Å². The summed E-state index contributed by atoms with van der Waals surface area (Å²) in [7, 11) is 0. The van der Waals surface area contributed by atoms with Gasteiger partial charge in [0, 0.05) is 10.7 Å². The Morgan fingerprint density at radius 1 is 1.11 bits per heavy atom. The number of hydrogen-bond donors (Lipinski definition) is 1. The molecule has 0 radical (unpaired) electrons. The predicted molar refractivity (Wildman–Crippen MR) is 101 cm³/mol. The fourth-order valence-corrected chi connectivity index (χ4v) is 3.36. The molecule has 3 aromatic rings. The van der Waals surface area contributed by atoms with Crippen LogP contribution in [0.15, 0.2) is 82.7 Å². The summed E-state index contributed by atoms with van der Waals surface area (Å²) in [5, 5.41) is 11.0. The minimum Gasteiger partial charge on any atom is -0.503 e. The second-order valence-electron chi connectivity index (χ2n) is 6.18. The molecule has 0 saturated heterocycles. The molecule has 1 atom stereocenters. The number of aliphatic hydroxyl groups is 1. The molecule has 0 bridgehead atoms. The number of amides is 1. The summed E-state index contributed by atoms with van der Waals surface area (Å²) in [5.74, 6) is -2.71. The summed E-state index contributed by atoms with van der Waals surface area (Å²) in [6, 6.07) is 13.9. The first kappa shape index (κ1) is 18.0. The van der Waals surface area contributed by atoms with Gasteiger partial charge < -0.3 is 9.52 Å². The van der Waals surface area contributed by atoms with Crippen LogP contribution < -0.4 is 4.90 Å². The van der Waals surface area contributed by atoms with Crippen LogP contribution in [0.4, 0.5) is 10.1 Å². The third-order valence-corrected chi connectivity index (χ3v) is 4.72. The highest BCUT2D eigenvalue weighted by Crippen LogP contribution is 2.42. The summed E-state index contributed by atoms with van der Waals surface area (Å²) < 4.78 is 18.9. The molecule has 0 aliphatic carbocycles. The number of nitrogens with zero attached hydrogens (tertiary/aromatic N) is 1. The van der Waals surface area contributed by atoms with Crippen molar-refractivity contribution in [2.24, 2.45) is 0 Å². The zero-order chi connectivity index (χ0) is 19.8. The highest BCUT2D eigenvalue weighted by atomic mass is 35.5. The fourth-order valence-electron chi connectivity index (χ4n) is 3.23. The third-order valence-electron chi connectivity index (χ3n) is 4.47. The van der Waals surface area contributed by atoms with E-state index in [2.05, 4.69) is 0 Å². The van der Waals surface area contributed by atoms with E-state index in [1.165, 1.54) is 41.5 Å². The second kappa shape index (κ2) is 6.98. The number of anilines is 1. The Morgan fingerprint density at radius 2 is 1.86 bits per heavy atom. The first-order chi connectivity index (χ1) is 13.5. The molecule has 1 unspecified atom stereocenters. The Kier molecular flexibility index (Phi) is 4.49. The molecule has 2 aromatic carbocycles. The van der Waals surface area contributed by atoms with E-state index in [-0.39, 0.29) is 17.0 Å². The second-order valence-corrected chi connectivity index (χ2v) is 6.61. The van der Waals surface area contributed by atoms with Crippen LogP contribution in [0.25, 0.3) is 0 Å². The largest absolute Gasteiger partial charge is 0.503 e. The van der Waals surface area contributed by atoms with Gasteiger partial charge in [-0.3, -0.25) is 14.5 Å². The SMILES string of the molecule is O=C(C1=C(O)C(=O)N(c2cccc(F)c2)C1c1ccc(Cl)cc1)c1ccco1. The van der Waals surface area contributed by atoms with Crippen LogP contribution >= 0.6 is 11.6 Å². The van der Waals surface area contributed by atoms with Crippen LogP contribution in [0, 0.1) is 5.82 Å². The van der Waals surface area contributed by atoms with Crippen LogP contribution in [0.3, 0.4) is 0 Å². The van der Waals surface area contributed by atoms with Crippen LogP contribution in [-0.2, 0) is 4.79 Å². The van der Waals surface area contributed by atoms with Gasteiger partial charge in [0.1, 0.15) is 5.82 Å². The minimum atomic E-state index is -0.968. The zero-order valence-corrected chi connectivity index (χ0v) is 15.1. The van der Waals surface area contributed by atoms with Crippen molar-refractivity contribution in [2.45, 2.75) is 6.04 Å². The molecule has 1 N–H and O–H groups in total. The van der Waals surface area contributed by atoms with E-state index >= 15 is 0 Å². The highest BCUT2D eigenvalue weighted by Gasteiger charge is 2.45. The smallest absolute Gasteiger partial charge is 0.294 e. The van der Waals surface area contributed by atoms with Gasteiger partial charge in [-0.2, -0.15) is 0 Å². The predicted octanol–water partition coefficient (Wildman–Crippen LogP) is 4.86. The normalized spacial score (nSPS) is 16.7. The van der Waals surface area contributed by atoms with Gasteiger partial charge in [-0.15, -0.1) is 0 Å². The molecule has 140 valence electrons. The highest BCUT2D eigenvalue weighted by molar-refractivity contribution is 6.30. The van der Waals surface area contributed by atoms with E-state index < -0.39 is 29.3 Å². The Labute approximate surface area is 164 Å². The topological polar surface area (TPSA) is 70.8 Å². The van der Waals surface area contributed by atoms with Crippen LogP contribution in [-0.4, -0.2) is 16.8 Å². The Morgan fingerprint density at radius 3 is 2.50 bits per heavy atom. The number of rotatable bonds is 4. The van der Waals surface area contributed by atoms with Crippen molar-refractivity contribution in [3.05, 3.63) is 100 Å². The van der Waals surface area contributed by atoms with Gasteiger partial charge in [-0.1, -0.05) is 29.8 Å². The maximum Gasteiger partial charge on any atom is 0.294 e. The number of Topliss-reactive ketones (excluding diaryl/α,β-unsaturated/α-hetero) is 1. The summed E-state index contributed by atoms with van der Waals surface area (Å²) in [4.78, 5) is 27.0. The van der Waals surface area contributed by atoms with Gasteiger partial charge in [-0.25, -0.2) is 4.39 Å². The maximum atomic E-state index is 13.8. The molecule has 1 aliphatic rings. The van der Waals surface area contributed by atoms with Crippen molar-refractivity contribution in [1.29, 1.82) is 0 Å². The van der Waals surface area contributed by atoms with Gasteiger partial charge in [0.2, 0.25) is 5.78 Å². The lowest BCUT2D eigenvalue weighted by Crippen LogP contribution is -2.31. The Balaban J connectivity index is 1.89. The minimum absolute atomic E-state index is 0.0191. The molecule has 1 aliphatic heterocycles. The van der Waals surface area contributed by atoms with Crippen molar-refractivity contribution in [3.63, 3.8) is 0 Å². The lowest BCUT2D eigenvalue weighted by atomic mass is 9.95. The van der Waals surface area contributed by atoms with E-state index in [4.69, 9.17) is 16.0 Å². The quantitative estimate of drug-likeness (QED) is 0.638. The number of carbonyl (C=O) groups excluding carboxylic acids is 2. The standard InChI is InChI=1S/C21H13ClFNO4/c22-13-8-6-12(7-9-13)18-17(19(25)16-5-2-10-28-16)20(26)21(27)24(18)15-4-1-3-14(23)11-15/h1-11,18,26H. The molecular weight excluding hydrogens is 385 g/mol. The third kappa shape index (κ3) is 2.97. The molecule has 0 fully saturated rings. The van der Waals surface area contributed by atoms with Crippen molar-refractivity contribution < 1.29 is 23.5 Å². The average molecular weight is 398 g/mol. The summed E-state index contributed by atoms with van der Waals surface area (Å²) in [5.41, 5.74) is 0.589. The molecule has 1 aromatic heterocycles. The number of aliphatic hydroxyl groups excluding tert-OH is 1. The number of hydrogen-bond acceptors (Lipinski definition) is 4. The number of halogens is 2. The molecule has 5 nitrogen and oxygen atoms in total. The first-order valence-corrected chi connectivity index (χ1v) is 8.71. The summed E-state index contributed by atoms with van der Waals surface area (Å²) in [6.07, 6.45) is 1.32. The number of benzene rings is 2. The van der Waals surface area contributed by atoms with E-state index in [9.17, 15) is 19.1 Å². The van der Waals surface area contributed by atoms with E-state index in [1.807, 2.05) is 0 Å². The number of furan rings is 1. The van der Waals surface area contributed by atoms with Gasteiger partial charge in [0.05, 0.1) is 17.9 Å². The van der Waals surface area contributed by atoms with Gasteiger partial charge in [-0.05, 0) is 48.0 Å². The first-order valence-electron chi connectivity index (χ1n) is 8.33. The van der Waals surface area contributed by atoms with Crippen LogP contribution in [0.1, 0.15) is 22.2 Å². The molecule has 4 rings (SSSR count). The molecule has 0 saturated carbocycles.